The Balaban J connectivity index is 1.06. The summed E-state index contributed by atoms with van der Waals surface area (Å²) in [5, 5.41) is 97.4. The first-order valence-electron chi connectivity index (χ1n) is 24.4. The van der Waals surface area contributed by atoms with Gasteiger partial charge in [-0.3, -0.25) is 4.79 Å². The molecule has 4 saturated carbocycles. The summed E-state index contributed by atoms with van der Waals surface area (Å²) in [6.45, 7) is 19.5. The second-order valence-electron chi connectivity index (χ2n) is 23.7. The molecule has 0 bridgehead atoms. The predicted molar refractivity (Wildman–Crippen MR) is 229 cm³/mol. The minimum Gasteiger partial charge on any atom is -0.394 e. The lowest BCUT2D eigenvalue weighted by Gasteiger charge is -2.69. The van der Waals surface area contributed by atoms with E-state index in [1.54, 1.807) is 13.8 Å². The highest BCUT2D eigenvalue weighted by Gasteiger charge is 2.72. The van der Waals surface area contributed by atoms with Gasteiger partial charge in [0.1, 0.15) is 66.8 Å². The van der Waals surface area contributed by atoms with Crippen LogP contribution in [0.25, 0.3) is 0 Å². The second kappa shape index (κ2) is 17.4. The van der Waals surface area contributed by atoms with Gasteiger partial charge in [0.05, 0.1) is 42.2 Å². The van der Waals surface area contributed by atoms with Crippen molar-refractivity contribution in [1.82, 2.24) is 0 Å². The van der Waals surface area contributed by atoms with E-state index in [1.807, 2.05) is 0 Å². The Hall–Kier alpha value is -0.970. The molecule has 0 spiro atoms. The molecule has 0 aromatic heterocycles. The van der Waals surface area contributed by atoms with Crippen molar-refractivity contribution in [3.63, 3.8) is 0 Å². The molecule has 4 aliphatic carbocycles. The largest absolute Gasteiger partial charge is 0.394 e. The molecule has 0 aromatic carbocycles. The molecule has 8 fully saturated rings. The van der Waals surface area contributed by atoms with Gasteiger partial charge in [-0.1, -0.05) is 34.6 Å². The average Bonchev–Trinajstić information content (AvgIpc) is 3.84. The van der Waals surface area contributed by atoms with E-state index in [-0.39, 0.29) is 46.0 Å². The lowest BCUT2D eigenvalue weighted by atomic mass is 9.35. The minimum atomic E-state index is -1.77. The fourth-order valence-corrected chi connectivity index (χ4v) is 15.1. The van der Waals surface area contributed by atoms with Crippen molar-refractivity contribution in [1.29, 1.82) is 0 Å². The van der Waals surface area contributed by atoms with Gasteiger partial charge >= 0.3 is 0 Å². The van der Waals surface area contributed by atoms with Crippen LogP contribution in [0.3, 0.4) is 0 Å². The Morgan fingerprint density at radius 3 is 1.75 bits per heavy atom. The standard InChI is InChI=1S/C48H80O17/c1-21-31(51)34(54)36(56)40(59-21)63-38-33(53)25(20-49)61-42(39(38)64-41-37(57)35(55)32(52)22(2)60-41)62-28-13-15-45(7)26(43(28,3)4)12-17-46(8)27(45)19-24(50)30-23(11-16-47(30,46)9)48(10)18-14-29(65-48)44(5,6)58/h21-23,25-42,49,51-58H,11-20H2,1-10H3. The summed E-state index contributed by atoms with van der Waals surface area (Å²) in [4.78, 5) is 14.9. The van der Waals surface area contributed by atoms with Gasteiger partial charge in [-0.05, 0) is 125 Å². The smallest absolute Gasteiger partial charge is 0.187 e. The minimum absolute atomic E-state index is 0.0700. The molecule has 9 N–H and O–H groups in total. The summed E-state index contributed by atoms with van der Waals surface area (Å²) in [5.41, 5.74) is -2.62. The highest BCUT2D eigenvalue weighted by atomic mass is 16.8. The van der Waals surface area contributed by atoms with Crippen LogP contribution in [0, 0.1) is 45.3 Å². The summed E-state index contributed by atoms with van der Waals surface area (Å²) in [5.74, 6) is 0.438. The lowest BCUT2D eigenvalue weighted by molar-refractivity contribution is -0.397. The first-order chi connectivity index (χ1) is 30.1. The van der Waals surface area contributed by atoms with Crippen molar-refractivity contribution in [2.75, 3.05) is 6.61 Å². The molecule has 65 heavy (non-hydrogen) atoms. The number of ketones is 1. The SMILES string of the molecule is CC1OC(OC2C(OC3CCC4(C)C(CCC5(C)C4CC(=O)C4C(C6(C)CCC(C(C)(C)O)O6)CCC45C)C3(C)C)OC(CO)C(O)C2OC2OC(C)C(O)C(O)C2O)C(O)C(O)C1O. The van der Waals surface area contributed by atoms with Crippen LogP contribution in [-0.4, -0.2) is 174 Å². The third kappa shape index (κ3) is 8.03. The van der Waals surface area contributed by atoms with Crippen molar-refractivity contribution in [2.45, 2.75) is 243 Å². The van der Waals surface area contributed by atoms with Crippen LogP contribution in [-0.2, 0) is 38.0 Å². The zero-order valence-electron chi connectivity index (χ0n) is 40.0. The van der Waals surface area contributed by atoms with Gasteiger partial charge in [-0.2, -0.15) is 0 Å². The number of aliphatic hydroxyl groups excluding tert-OH is 8. The molecule has 17 heteroatoms. The van der Waals surface area contributed by atoms with Gasteiger partial charge in [0.2, 0.25) is 0 Å². The maximum Gasteiger partial charge on any atom is 0.187 e. The first kappa shape index (κ1) is 50.4. The molecule has 8 rings (SSSR count). The van der Waals surface area contributed by atoms with Gasteiger partial charge in [-0.15, -0.1) is 0 Å². The predicted octanol–water partition coefficient (Wildman–Crippen LogP) is 1.45. The molecule has 8 aliphatic rings. The fourth-order valence-electron chi connectivity index (χ4n) is 15.1. The van der Waals surface area contributed by atoms with Crippen molar-refractivity contribution in [2.24, 2.45) is 45.3 Å². The monoisotopic (exact) mass is 929 g/mol. The van der Waals surface area contributed by atoms with Crippen molar-refractivity contribution in [3.8, 4) is 0 Å². The average molecular weight is 929 g/mol. The van der Waals surface area contributed by atoms with E-state index in [1.165, 1.54) is 13.8 Å². The van der Waals surface area contributed by atoms with Gasteiger partial charge < -0.3 is 79.1 Å². The lowest BCUT2D eigenvalue weighted by Crippen LogP contribution is -2.68. The molecule has 17 nitrogen and oxygen atoms in total. The summed E-state index contributed by atoms with van der Waals surface area (Å²) in [6, 6.07) is 0. The van der Waals surface area contributed by atoms with E-state index < -0.39 is 121 Å². The van der Waals surface area contributed by atoms with Gasteiger partial charge in [0, 0.05) is 12.3 Å². The molecular formula is C48H80O17. The number of ether oxygens (including phenoxy) is 7. The highest BCUT2D eigenvalue weighted by molar-refractivity contribution is 5.84. The normalized spacial score (nSPS) is 55.9. The number of fused-ring (bicyclic) bond motifs is 5. The van der Waals surface area contributed by atoms with Crippen LogP contribution in [0.15, 0.2) is 0 Å². The quantitative estimate of drug-likeness (QED) is 0.148. The van der Waals surface area contributed by atoms with Crippen LogP contribution in [0.2, 0.25) is 0 Å². The van der Waals surface area contributed by atoms with Crippen LogP contribution < -0.4 is 0 Å². The molecule has 0 amide bonds. The molecule has 25 atom stereocenters. The van der Waals surface area contributed by atoms with E-state index in [9.17, 15) is 50.8 Å². The van der Waals surface area contributed by atoms with E-state index in [2.05, 4.69) is 41.5 Å². The summed E-state index contributed by atoms with van der Waals surface area (Å²) < 4.78 is 44.2. The molecule has 374 valence electrons. The first-order valence-corrected chi connectivity index (χ1v) is 24.4. The Bertz CT molecular complexity index is 1730. The van der Waals surface area contributed by atoms with E-state index in [4.69, 9.17) is 33.2 Å². The zero-order chi connectivity index (χ0) is 47.7. The molecular weight excluding hydrogens is 849 g/mol. The van der Waals surface area contributed by atoms with Crippen molar-refractivity contribution < 1.29 is 83.9 Å². The molecule has 0 radical (unpaired) electrons. The number of Topliss-reactive ketones (excluding diaryl/α,β-unsaturated/α-hetero) is 1. The topological polar surface area (TPSA) is 264 Å². The maximum absolute atomic E-state index is 14.9. The number of carbonyl (C=O) groups is 1. The summed E-state index contributed by atoms with van der Waals surface area (Å²) in [7, 11) is 0. The van der Waals surface area contributed by atoms with Crippen molar-refractivity contribution in [3.05, 3.63) is 0 Å². The number of hydrogen-bond donors (Lipinski definition) is 9. The highest BCUT2D eigenvalue weighted by Crippen LogP contribution is 2.75. The maximum atomic E-state index is 14.9. The Morgan fingerprint density at radius 2 is 1.20 bits per heavy atom. The Kier molecular flexibility index (Phi) is 13.5. The van der Waals surface area contributed by atoms with Crippen LogP contribution in [0.4, 0.5) is 0 Å². The fraction of sp³-hybridized carbons (Fsp3) is 0.979. The van der Waals surface area contributed by atoms with Crippen LogP contribution in [0.1, 0.15) is 127 Å². The van der Waals surface area contributed by atoms with Crippen molar-refractivity contribution >= 4 is 5.78 Å². The zero-order valence-corrected chi connectivity index (χ0v) is 40.0. The second-order valence-corrected chi connectivity index (χ2v) is 23.7. The van der Waals surface area contributed by atoms with E-state index >= 15 is 0 Å². The third-order valence-corrected chi connectivity index (χ3v) is 19.3. The molecule has 4 aliphatic heterocycles. The summed E-state index contributed by atoms with van der Waals surface area (Å²) in [6.07, 6.45) is -16.1. The number of carbonyl (C=O) groups excluding carboxylic acids is 1. The van der Waals surface area contributed by atoms with Crippen LogP contribution >= 0.6 is 0 Å². The molecule has 4 heterocycles. The Labute approximate surface area is 383 Å². The van der Waals surface area contributed by atoms with E-state index in [0.29, 0.717) is 18.6 Å². The summed E-state index contributed by atoms with van der Waals surface area (Å²) >= 11 is 0. The van der Waals surface area contributed by atoms with Gasteiger partial charge in [-0.25, -0.2) is 0 Å². The number of hydrogen-bond acceptors (Lipinski definition) is 17. The molecule has 4 saturated heterocycles. The van der Waals surface area contributed by atoms with E-state index in [0.717, 1.165) is 44.9 Å². The molecule has 0 aromatic rings. The van der Waals surface area contributed by atoms with Gasteiger partial charge in [0.25, 0.3) is 0 Å². The number of rotatable bonds is 9. The van der Waals surface area contributed by atoms with Gasteiger partial charge in [0.15, 0.2) is 18.9 Å². The number of aliphatic hydroxyl groups is 9. The molecule has 25 unspecified atom stereocenters. The third-order valence-electron chi connectivity index (χ3n) is 19.3. The Morgan fingerprint density at radius 1 is 0.631 bits per heavy atom. The van der Waals surface area contributed by atoms with Crippen LogP contribution in [0.5, 0.6) is 0 Å².